The van der Waals surface area contributed by atoms with Gasteiger partial charge in [-0.3, -0.25) is 4.79 Å². The third-order valence-electron chi connectivity index (χ3n) is 3.60. The van der Waals surface area contributed by atoms with Crippen LogP contribution in [-0.4, -0.2) is 12.6 Å². The maximum Gasteiger partial charge on any atom is 0.321 e. The van der Waals surface area contributed by atoms with Crippen LogP contribution in [0.15, 0.2) is 35.1 Å². The van der Waals surface area contributed by atoms with E-state index in [4.69, 9.17) is 33.5 Å². The molecule has 19 heavy (non-hydrogen) atoms. The number of ether oxygens (including phenoxy) is 1. The first-order valence-electron chi connectivity index (χ1n) is 5.50. The van der Waals surface area contributed by atoms with Gasteiger partial charge in [-0.15, -0.1) is 0 Å². The second kappa shape index (κ2) is 4.17. The summed E-state index contributed by atoms with van der Waals surface area (Å²) in [7, 11) is 0. The fourth-order valence-electron chi connectivity index (χ4n) is 2.67. The van der Waals surface area contributed by atoms with Crippen LogP contribution in [0.3, 0.4) is 0 Å². The average Bonchev–Trinajstić information content (AvgIpc) is 2.92. The summed E-state index contributed by atoms with van der Waals surface area (Å²) in [5.74, 6) is -0.418. The van der Waals surface area contributed by atoms with Crippen molar-refractivity contribution in [1.29, 1.82) is 0 Å². The lowest BCUT2D eigenvalue weighted by Gasteiger charge is -2.10. The van der Waals surface area contributed by atoms with Crippen LogP contribution in [-0.2, 0) is 14.9 Å². The molecule has 1 saturated carbocycles. The molecule has 7 heteroatoms. The minimum Gasteiger partial charge on any atom is -0.464 e. The first kappa shape index (κ1) is 12.4. The summed E-state index contributed by atoms with van der Waals surface area (Å²) in [6.07, 6.45) is 1.38. The number of azide groups is 1. The van der Waals surface area contributed by atoms with Crippen molar-refractivity contribution < 1.29 is 9.53 Å². The topological polar surface area (TPSA) is 75.1 Å². The highest BCUT2D eigenvalue weighted by Gasteiger charge is 2.71. The van der Waals surface area contributed by atoms with Crippen molar-refractivity contribution in [1.82, 2.24) is 0 Å². The highest BCUT2D eigenvalue weighted by atomic mass is 35.5. The summed E-state index contributed by atoms with van der Waals surface area (Å²) in [6.45, 7) is 0.297. The molecule has 1 saturated heterocycles. The SMILES string of the molecule is [N-]=[N+]=NC=C1C2COC(=O)C12c1ccc(Cl)c(Cl)c1. The van der Waals surface area contributed by atoms with E-state index in [2.05, 4.69) is 10.0 Å². The van der Waals surface area contributed by atoms with Gasteiger partial charge in [-0.25, -0.2) is 0 Å². The van der Waals surface area contributed by atoms with Crippen LogP contribution < -0.4 is 0 Å². The Bertz CT molecular complexity index is 667. The smallest absolute Gasteiger partial charge is 0.321 e. The Balaban J connectivity index is 2.12. The van der Waals surface area contributed by atoms with Gasteiger partial charge < -0.3 is 4.74 Å². The average molecular weight is 296 g/mol. The molecular formula is C12H7Cl2N3O2. The Morgan fingerprint density at radius 1 is 1.47 bits per heavy atom. The van der Waals surface area contributed by atoms with Gasteiger partial charge in [0, 0.05) is 17.0 Å². The van der Waals surface area contributed by atoms with E-state index >= 15 is 0 Å². The molecule has 0 aromatic heterocycles. The minimum absolute atomic E-state index is 0.0808. The maximum atomic E-state index is 12.0. The second-order valence-corrected chi connectivity index (χ2v) is 5.19. The molecule has 3 rings (SSSR count). The Labute approximate surface area is 118 Å². The molecule has 1 aromatic rings. The van der Waals surface area contributed by atoms with Crippen LogP contribution >= 0.6 is 23.2 Å². The van der Waals surface area contributed by atoms with E-state index in [9.17, 15) is 4.79 Å². The molecule has 1 aliphatic carbocycles. The predicted octanol–water partition coefficient (Wildman–Crippen LogP) is 3.61. The number of hydrogen-bond donors (Lipinski definition) is 0. The number of halogens is 2. The molecule has 0 radical (unpaired) electrons. The number of carbonyl (C=O) groups excluding carboxylic acids is 1. The molecular weight excluding hydrogens is 289 g/mol. The molecule has 2 atom stereocenters. The van der Waals surface area contributed by atoms with Gasteiger partial charge >= 0.3 is 5.97 Å². The van der Waals surface area contributed by atoms with Gasteiger partial charge in [0.15, 0.2) is 0 Å². The summed E-state index contributed by atoms with van der Waals surface area (Å²) in [5, 5.41) is 4.21. The van der Waals surface area contributed by atoms with E-state index in [0.717, 1.165) is 5.57 Å². The van der Waals surface area contributed by atoms with Crippen LogP contribution in [0, 0.1) is 5.92 Å². The van der Waals surface area contributed by atoms with Crippen molar-refractivity contribution in [3.63, 3.8) is 0 Å². The fourth-order valence-corrected chi connectivity index (χ4v) is 2.97. The summed E-state index contributed by atoms with van der Waals surface area (Å²) in [5.41, 5.74) is 9.00. The maximum absolute atomic E-state index is 12.0. The monoisotopic (exact) mass is 295 g/mol. The molecule has 1 aliphatic heterocycles. The summed E-state index contributed by atoms with van der Waals surface area (Å²) >= 11 is 11.9. The molecule has 1 heterocycles. The molecule has 2 aliphatic rings. The van der Waals surface area contributed by atoms with Crippen molar-refractivity contribution >= 4 is 29.2 Å². The highest BCUT2D eigenvalue weighted by molar-refractivity contribution is 6.42. The molecule has 5 nitrogen and oxygen atoms in total. The van der Waals surface area contributed by atoms with Gasteiger partial charge in [0.25, 0.3) is 0 Å². The summed E-state index contributed by atoms with van der Waals surface area (Å²) in [4.78, 5) is 14.7. The summed E-state index contributed by atoms with van der Waals surface area (Å²) < 4.78 is 5.06. The lowest BCUT2D eigenvalue weighted by Crippen LogP contribution is -2.19. The first-order valence-corrected chi connectivity index (χ1v) is 6.25. The molecule has 2 fully saturated rings. The third-order valence-corrected chi connectivity index (χ3v) is 4.34. The molecule has 0 amide bonds. The number of carbonyl (C=O) groups is 1. The van der Waals surface area contributed by atoms with Gasteiger partial charge in [-0.1, -0.05) is 34.4 Å². The fraction of sp³-hybridized carbons (Fsp3) is 0.250. The van der Waals surface area contributed by atoms with E-state index in [0.29, 0.717) is 22.2 Å². The van der Waals surface area contributed by atoms with Crippen molar-refractivity contribution in [2.24, 2.45) is 11.0 Å². The number of hydrogen-bond acceptors (Lipinski definition) is 3. The lowest BCUT2D eigenvalue weighted by molar-refractivity contribution is -0.141. The van der Waals surface area contributed by atoms with Crippen LogP contribution in [0.4, 0.5) is 0 Å². The zero-order valence-electron chi connectivity index (χ0n) is 9.51. The predicted molar refractivity (Wildman–Crippen MR) is 69.8 cm³/mol. The Morgan fingerprint density at radius 2 is 2.26 bits per heavy atom. The summed E-state index contributed by atoms with van der Waals surface area (Å²) in [6, 6.07) is 5.03. The number of benzene rings is 1. The normalized spacial score (nSPS) is 29.7. The van der Waals surface area contributed by atoms with Crippen molar-refractivity contribution in [2.45, 2.75) is 5.41 Å². The molecule has 0 bridgehead atoms. The first-order chi connectivity index (χ1) is 9.12. The van der Waals surface area contributed by atoms with E-state index < -0.39 is 5.41 Å². The van der Waals surface area contributed by atoms with Crippen LogP contribution in [0.5, 0.6) is 0 Å². The third kappa shape index (κ3) is 1.56. The molecule has 96 valence electrons. The number of nitrogens with zero attached hydrogens (tertiary/aromatic N) is 3. The van der Waals surface area contributed by atoms with Gasteiger partial charge in [-0.2, -0.15) is 0 Å². The Kier molecular flexibility index (Phi) is 2.71. The number of cyclic esters (lactones) is 1. The molecule has 0 N–H and O–H groups in total. The molecule has 1 aromatic carbocycles. The minimum atomic E-state index is -0.845. The van der Waals surface area contributed by atoms with Crippen LogP contribution in [0.25, 0.3) is 10.4 Å². The lowest BCUT2D eigenvalue weighted by atomic mass is 9.94. The quantitative estimate of drug-likeness (QED) is 0.362. The largest absolute Gasteiger partial charge is 0.464 e. The molecule has 0 spiro atoms. The number of rotatable bonds is 2. The second-order valence-electron chi connectivity index (χ2n) is 4.38. The van der Waals surface area contributed by atoms with E-state index in [1.807, 2.05) is 0 Å². The van der Waals surface area contributed by atoms with Gasteiger partial charge in [0.2, 0.25) is 0 Å². The van der Waals surface area contributed by atoms with E-state index in [1.165, 1.54) is 6.20 Å². The zero-order valence-corrected chi connectivity index (χ0v) is 11.0. The van der Waals surface area contributed by atoms with Crippen LogP contribution in [0.1, 0.15) is 5.56 Å². The molecule has 2 unspecified atom stereocenters. The van der Waals surface area contributed by atoms with Gasteiger partial charge in [0.1, 0.15) is 5.41 Å². The zero-order chi connectivity index (χ0) is 13.6. The highest BCUT2D eigenvalue weighted by Crippen LogP contribution is 2.64. The standard InChI is InChI=1S/C12H7Cl2N3O2/c13-9-2-1-6(3-10(9)14)12-7(4-16-17-15)8(12)5-19-11(12)18/h1-4,8H,5H2. The van der Waals surface area contributed by atoms with Crippen molar-refractivity contribution in [3.05, 3.63) is 56.0 Å². The van der Waals surface area contributed by atoms with Crippen molar-refractivity contribution in [2.75, 3.05) is 6.61 Å². The number of fused-ring (bicyclic) bond motifs is 1. The Hall–Kier alpha value is -1.68. The Morgan fingerprint density at radius 3 is 2.95 bits per heavy atom. The van der Waals surface area contributed by atoms with Gasteiger partial charge in [-0.05, 0) is 28.8 Å². The van der Waals surface area contributed by atoms with Crippen LogP contribution in [0.2, 0.25) is 10.0 Å². The van der Waals surface area contributed by atoms with Gasteiger partial charge in [0.05, 0.1) is 16.7 Å². The van der Waals surface area contributed by atoms with Crippen molar-refractivity contribution in [3.8, 4) is 0 Å². The van der Waals surface area contributed by atoms with E-state index in [1.54, 1.807) is 18.2 Å². The van der Waals surface area contributed by atoms with E-state index in [-0.39, 0.29) is 11.9 Å². The number of esters is 1.